The number of benzene rings is 2. The van der Waals surface area contributed by atoms with Crippen LogP contribution in [0.5, 0.6) is 17.2 Å². The van der Waals surface area contributed by atoms with E-state index < -0.39 is 0 Å². The molecule has 2 rings (SSSR count). The van der Waals surface area contributed by atoms with Gasteiger partial charge in [-0.3, -0.25) is 9.59 Å². The number of hydrogen-bond donors (Lipinski definition) is 2. The molecular weight excluding hydrogens is 336 g/mol. The van der Waals surface area contributed by atoms with Crippen LogP contribution in [0.3, 0.4) is 0 Å². The molecule has 7 heteroatoms. The largest absolute Gasteiger partial charge is 0.497 e. The molecule has 0 fully saturated rings. The number of carbonyl (C=O) groups is 2. The zero-order valence-corrected chi connectivity index (χ0v) is 15.0. The molecule has 0 heterocycles. The van der Waals surface area contributed by atoms with Gasteiger partial charge in [-0.25, -0.2) is 0 Å². The average Bonchev–Trinajstić information content (AvgIpc) is 2.68. The molecule has 7 nitrogen and oxygen atoms in total. The summed E-state index contributed by atoms with van der Waals surface area (Å²) in [5.41, 5.74) is 0.960. The molecule has 0 radical (unpaired) electrons. The van der Waals surface area contributed by atoms with E-state index >= 15 is 0 Å². The maximum atomic E-state index is 12.2. The van der Waals surface area contributed by atoms with Crippen molar-refractivity contribution in [1.29, 1.82) is 0 Å². The number of amides is 2. The molecule has 0 aliphatic rings. The molecule has 26 heavy (non-hydrogen) atoms. The van der Waals surface area contributed by atoms with Crippen LogP contribution in [0.15, 0.2) is 42.5 Å². The molecule has 0 bridgehead atoms. The van der Waals surface area contributed by atoms with E-state index in [-0.39, 0.29) is 24.8 Å². The van der Waals surface area contributed by atoms with Crippen LogP contribution >= 0.6 is 0 Å². The zero-order chi connectivity index (χ0) is 18.9. The van der Waals surface area contributed by atoms with Crippen molar-refractivity contribution in [1.82, 2.24) is 5.32 Å². The first-order valence-electron chi connectivity index (χ1n) is 8.02. The summed E-state index contributed by atoms with van der Waals surface area (Å²) in [6.07, 6.45) is 0.121. The van der Waals surface area contributed by atoms with Gasteiger partial charge < -0.3 is 24.8 Å². The summed E-state index contributed by atoms with van der Waals surface area (Å²) in [4.78, 5) is 24.3. The van der Waals surface area contributed by atoms with Gasteiger partial charge >= 0.3 is 0 Å². The fourth-order valence-electron chi connectivity index (χ4n) is 2.33. The van der Waals surface area contributed by atoms with Crippen molar-refractivity contribution in [2.45, 2.75) is 6.42 Å². The van der Waals surface area contributed by atoms with E-state index in [9.17, 15) is 9.59 Å². The zero-order valence-electron chi connectivity index (χ0n) is 15.0. The molecule has 0 aliphatic carbocycles. The highest BCUT2D eigenvalue weighted by Gasteiger charge is 2.12. The lowest BCUT2D eigenvalue weighted by Crippen LogP contribution is -2.28. The monoisotopic (exact) mass is 358 g/mol. The summed E-state index contributed by atoms with van der Waals surface area (Å²) in [6.45, 7) is 0.196. The Morgan fingerprint density at radius 3 is 2.35 bits per heavy atom. The summed E-state index contributed by atoms with van der Waals surface area (Å²) in [5.74, 6) is 1.07. The maximum absolute atomic E-state index is 12.2. The van der Waals surface area contributed by atoms with Crippen molar-refractivity contribution in [3.8, 4) is 17.2 Å². The Bertz CT molecular complexity index is 776. The summed E-state index contributed by atoms with van der Waals surface area (Å²) in [6, 6.07) is 12.0. The smallest absolute Gasteiger partial charge is 0.255 e. The quantitative estimate of drug-likeness (QED) is 0.757. The molecule has 0 spiro atoms. The summed E-state index contributed by atoms with van der Waals surface area (Å²) >= 11 is 0. The molecule has 2 N–H and O–H groups in total. The van der Waals surface area contributed by atoms with Gasteiger partial charge in [-0.1, -0.05) is 12.1 Å². The van der Waals surface area contributed by atoms with Crippen LogP contribution in [0.25, 0.3) is 0 Å². The number of methoxy groups -OCH3 is 3. The van der Waals surface area contributed by atoms with Gasteiger partial charge in [-0.15, -0.1) is 0 Å². The van der Waals surface area contributed by atoms with E-state index in [2.05, 4.69) is 10.6 Å². The van der Waals surface area contributed by atoms with Gasteiger partial charge in [0.15, 0.2) is 0 Å². The van der Waals surface area contributed by atoms with Gasteiger partial charge in [0.1, 0.15) is 17.2 Å². The number of para-hydroxylation sites is 1. The Kier molecular flexibility index (Phi) is 6.84. The molecule has 138 valence electrons. The van der Waals surface area contributed by atoms with Crippen molar-refractivity contribution in [3.05, 3.63) is 48.0 Å². The summed E-state index contributed by atoms with van der Waals surface area (Å²) < 4.78 is 15.5. The summed E-state index contributed by atoms with van der Waals surface area (Å²) in [7, 11) is 4.57. The van der Waals surface area contributed by atoms with Crippen LogP contribution in [-0.2, 0) is 4.79 Å². The lowest BCUT2D eigenvalue weighted by Gasteiger charge is -2.12. The molecule has 0 atom stereocenters. The minimum Gasteiger partial charge on any atom is -0.497 e. The van der Waals surface area contributed by atoms with E-state index in [0.29, 0.717) is 28.5 Å². The number of rotatable bonds is 8. The van der Waals surface area contributed by atoms with Gasteiger partial charge in [0.25, 0.3) is 5.91 Å². The maximum Gasteiger partial charge on any atom is 0.255 e. The van der Waals surface area contributed by atoms with Crippen LogP contribution in [0, 0.1) is 0 Å². The van der Waals surface area contributed by atoms with E-state index in [1.165, 1.54) is 14.2 Å². The van der Waals surface area contributed by atoms with Crippen LogP contribution in [0.2, 0.25) is 0 Å². The second-order valence-corrected chi connectivity index (χ2v) is 5.32. The molecule has 0 saturated carbocycles. The molecule has 2 aromatic carbocycles. The molecule has 0 saturated heterocycles. The first kappa shape index (κ1) is 19.1. The average molecular weight is 358 g/mol. The first-order chi connectivity index (χ1) is 12.6. The molecular formula is C19H22N2O5. The Morgan fingerprint density at radius 2 is 1.65 bits per heavy atom. The minimum atomic E-state index is -0.294. The van der Waals surface area contributed by atoms with Crippen LogP contribution < -0.4 is 24.8 Å². The Hall–Kier alpha value is -3.22. The minimum absolute atomic E-state index is 0.121. The highest BCUT2D eigenvalue weighted by atomic mass is 16.5. The SMILES string of the molecule is COc1ccc(NC(=O)CCNC(=O)c2ccccc2OC)c(OC)c1. The van der Waals surface area contributed by atoms with Crippen LogP contribution in [0.4, 0.5) is 5.69 Å². The number of anilines is 1. The third kappa shape index (κ3) is 4.89. The number of ether oxygens (including phenoxy) is 3. The van der Waals surface area contributed by atoms with Crippen molar-refractivity contribution in [3.63, 3.8) is 0 Å². The van der Waals surface area contributed by atoms with Gasteiger partial charge in [-0.05, 0) is 24.3 Å². The highest BCUT2D eigenvalue weighted by molar-refractivity contribution is 5.97. The van der Waals surface area contributed by atoms with Gasteiger partial charge in [-0.2, -0.15) is 0 Å². The standard InChI is InChI=1S/C19H22N2O5/c1-24-13-8-9-15(17(12-13)26-3)21-18(22)10-11-20-19(23)14-6-4-5-7-16(14)25-2/h4-9,12H,10-11H2,1-3H3,(H,20,23)(H,21,22). The normalized spacial score (nSPS) is 9.96. The third-order valence-corrected chi connectivity index (χ3v) is 3.67. The van der Waals surface area contributed by atoms with Gasteiger partial charge in [0, 0.05) is 19.0 Å². The molecule has 0 aliphatic heterocycles. The Morgan fingerprint density at radius 1 is 0.923 bits per heavy atom. The highest BCUT2D eigenvalue weighted by Crippen LogP contribution is 2.29. The molecule has 2 amide bonds. The fraction of sp³-hybridized carbons (Fsp3) is 0.263. The molecule has 0 unspecified atom stereocenters. The molecule has 0 aromatic heterocycles. The van der Waals surface area contributed by atoms with Crippen molar-refractivity contribution < 1.29 is 23.8 Å². The van der Waals surface area contributed by atoms with Gasteiger partial charge in [0.05, 0.1) is 32.6 Å². The predicted molar refractivity (Wildman–Crippen MR) is 98.1 cm³/mol. The Labute approximate surface area is 152 Å². The lowest BCUT2D eigenvalue weighted by atomic mass is 10.2. The van der Waals surface area contributed by atoms with E-state index in [1.807, 2.05) is 0 Å². The van der Waals surface area contributed by atoms with E-state index in [1.54, 1.807) is 49.6 Å². The summed E-state index contributed by atoms with van der Waals surface area (Å²) in [5, 5.41) is 5.46. The van der Waals surface area contributed by atoms with Crippen molar-refractivity contribution >= 4 is 17.5 Å². The first-order valence-corrected chi connectivity index (χ1v) is 8.02. The number of hydrogen-bond acceptors (Lipinski definition) is 5. The van der Waals surface area contributed by atoms with Crippen molar-refractivity contribution in [2.24, 2.45) is 0 Å². The van der Waals surface area contributed by atoms with Crippen LogP contribution in [-0.4, -0.2) is 39.7 Å². The number of nitrogens with one attached hydrogen (secondary N) is 2. The van der Waals surface area contributed by atoms with E-state index in [4.69, 9.17) is 14.2 Å². The third-order valence-electron chi connectivity index (χ3n) is 3.67. The van der Waals surface area contributed by atoms with Crippen LogP contribution in [0.1, 0.15) is 16.8 Å². The lowest BCUT2D eigenvalue weighted by molar-refractivity contribution is -0.116. The second-order valence-electron chi connectivity index (χ2n) is 5.32. The fourth-order valence-corrected chi connectivity index (χ4v) is 2.33. The Balaban J connectivity index is 1.88. The number of carbonyl (C=O) groups excluding carboxylic acids is 2. The second kappa shape index (κ2) is 9.31. The van der Waals surface area contributed by atoms with E-state index in [0.717, 1.165) is 0 Å². The van der Waals surface area contributed by atoms with Gasteiger partial charge in [0.2, 0.25) is 5.91 Å². The molecule has 2 aromatic rings. The topological polar surface area (TPSA) is 85.9 Å². The predicted octanol–water partition coefficient (Wildman–Crippen LogP) is 2.47. The van der Waals surface area contributed by atoms with Crippen molar-refractivity contribution in [2.75, 3.05) is 33.2 Å².